The largest absolute Gasteiger partial charge is 0.384 e. The molecule has 0 fully saturated rings. The van der Waals surface area contributed by atoms with Crippen molar-refractivity contribution in [1.29, 1.82) is 0 Å². The second-order valence-electron chi connectivity index (χ2n) is 4.02. The second kappa shape index (κ2) is 6.40. The fourth-order valence-electron chi connectivity index (χ4n) is 1.36. The van der Waals surface area contributed by atoms with Crippen LogP contribution in [0.3, 0.4) is 0 Å². The number of nitrogens with one attached hydrogen (secondary N) is 1. The van der Waals surface area contributed by atoms with E-state index in [1.165, 1.54) is 0 Å². The minimum Gasteiger partial charge on any atom is -0.384 e. The molecular formula is C12H18BrNO2S. The maximum absolute atomic E-state index is 11.8. The molecule has 0 amide bonds. The van der Waals surface area contributed by atoms with E-state index in [9.17, 15) is 8.42 Å². The lowest BCUT2D eigenvalue weighted by Gasteiger charge is -2.11. The van der Waals surface area contributed by atoms with Crippen LogP contribution in [-0.2, 0) is 9.84 Å². The lowest BCUT2D eigenvalue weighted by Crippen LogP contribution is -2.24. The van der Waals surface area contributed by atoms with Crippen LogP contribution in [0.1, 0.15) is 20.3 Å². The van der Waals surface area contributed by atoms with Crippen molar-refractivity contribution in [1.82, 2.24) is 0 Å². The number of hydrogen-bond acceptors (Lipinski definition) is 3. The van der Waals surface area contributed by atoms with Gasteiger partial charge in [-0.05, 0) is 37.6 Å². The van der Waals surface area contributed by atoms with Crippen LogP contribution < -0.4 is 5.32 Å². The summed E-state index contributed by atoms with van der Waals surface area (Å²) in [5.74, 6) is 0.179. The number of halogens is 1. The van der Waals surface area contributed by atoms with Gasteiger partial charge in [-0.25, -0.2) is 8.42 Å². The van der Waals surface area contributed by atoms with E-state index in [1.807, 2.05) is 31.2 Å². The predicted octanol–water partition coefficient (Wildman–Crippen LogP) is 3.07. The third-order valence-corrected chi connectivity index (χ3v) is 5.61. The van der Waals surface area contributed by atoms with Gasteiger partial charge in [0.2, 0.25) is 0 Å². The van der Waals surface area contributed by atoms with Gasteiger partial charge in [0, 0.05) is 16.7 Å². The maximum atomic E-state index is 11.8. The van der Waals surface area contributed by atoms with Crippen LogP contribution in [0.5, 0.6) is 0 Å². The second-order valence-corrected chi connectivity index (χ2v) is 7.47. The van der Waals surface area contributed by atoms with E-state index >= 15 is 0 Å². The van der Waals surface area contributed by atoms with Crippen LogP contribution in [0.2, 0.25) is 0 Å². The molecule has 5 heteroatoms. The average molecular weight is 320 g/mol. The van der Waals surface area contributed by atoms with Gasteiger partial charge >= 0.3 is 0 Å². The number of benzene rings is 1. The summed E-state index contributed by atoms with van der Waals surface area (Å²) in [6.45, 7) is 4.10. The molecule has 0 aromatic heterocycles. The lowest BCUT2D eigenvalue weighted by molar-refractivity contribution is 0.581. The van der Waals surface area contributed by atoms with Crippen molar-refractivity contribution in [3.05, 3.63) is 28.7 Å². The van der Waals surface area contributed by atoms with Crippen molar-refractivity contribution in [3.63, 3.8) is 0 Å². The minimum absolute atomic E-state index is 0.179. The molecule has 0 bridgehead atoms. The van der Waals surface area contributed by atoms with E-state index in [4.69, 9.17) is 0 Å². The first-order valence-corrected chi connectivity index (χ1v) is 8.17. The molecule has 96 valence electrons. The predicted molar refractivity (Wildman–Crippen MR) is 76.2 cm³/mol. The van der Waals surface area contributed by atoms with E-state index in [0.717, 1.165) is 10.2 Å². The molecule has 1 aromatic rings. The fraction of sp³-hybridized carbons (Fsp3) is 0.500. The Balaban J connectivity index is 2.45. The zero-order valence-electron chi connectivity index (χ0n) is 10.1. The van der Waals surface area contributed by atoms with Crippen LogP contribution in [0.15, 0.2) is 28.7 Å². The highest BCUT2D eigenvalue weighted by molar-refractivity contribution is 9.10. The van der Waals surface area contributed by atoms with Crippen molar-refractivity contribution in [2.45, 2.75) is 25.5 Å². The van der Waals surface area contributed by atoms with Gasteiger partial charge in [-0.2, -0.15) is 0 Å². The molecular weight excluding hydrogens is 302 g/mol. The topological polar surface area (TPSA) is 46.2 Å². The summed E-state index contributed by atoms with van der Waals surface area (Å²) in [5.41, 5.74) is 0.938. The van der Waals surface area contributed by atoms with E-state index in [0.29, 0.717) is 13.0 Å². The molecule has 17 heavy (non-hydrogen) atoms. The maximum Gasteiger partial charge on any atom is 0.154 e. The van der Waals surface area contributed by atoms with Gasteiger partial charge in [-0.15, -0.1) is 0 Å². The first-order chi connectivity index (χ1) is 7.95. The van der Waals surface area contributed by atoms with Crippen molar-refractivity contribution >= 4 is 31.5 Å². The van der Waals surface area contributed by atoms with Gasteiger partial charge in [-0.3, -0.25) is 0 Å². The van der Waals surface area contributed by atoms with Crippen LogP contribution in [0.4, 0.5) is 5.69 Å². The highest BCUT2D eigenvalue weighted by atomic mass is 79.9. The summed E-state index contributed by atoms with van der Waals surface area (Å²) in [7, 11) is -2.96. The molecule has 0 aliphatic carbocycles. The molecule has 1 atom stereocenters. The molecule has 0 aliphatic heterocycles. The van der Waals surface area contributed by atoms with Gasteiger partial charge in [0.1, 0.15) is 0 Å². The lowest BCUT2D eigenvalue weighted by atomic mass is 10.3. The van der Waals surface area contributed by atoms with Crippen molar-refractivity contribution in [2.75, 3.05) is 17.6 Å². The fourth-order valence-corrected chi connectivity index (χ4v) is 2.92. The van der Waals surface area contributed by atoms with E-state index in [1.54, 1.807) is 6.92 Å². The molecule has 0 heterocycles. The van der Waals surface area contributed by atoms with E-state index < -0.39 is 9.84 Å². The zero-order valence-corrected chi connectivity index (χ0v) is 12.5. The molecule has 0 radical (unpaired) electrons. The normalized spacial score (nSPS) is 13.4. The summed E-state index contributed by atoms with van der Waals surface area (Å²) in [5, 5.41) is 2.85. The summed E-state index contributed by atoms with van der Waals surface area (Å²) in [4.78, 5) is 0. The standard InChI is InChI=1S/C12H18BrNO2S/c1-3-10(2)17(15,16)9-8-14-12-6-4-11(13)5-7-12/h4-7,10,14H,3,8-9H2,1-2H3. The quantitative estimate of drug-likeness (QED) is 0.876. The third kappa shape index (κ3) is 4.68. The molecule has 3 nitrogen and oxygen atoms in total. The summed E-state index contributed by atoms with van der Waals surface area (Å²) < 4.78 is 24.5. The smallest absolute Gasteiger partial charge is 0.154 e. The molecule has 1 unspecified atom stereocenters. The Morgan fingerprint density at radius 1 is 1.29 bits per heavy atom. The molecule has 0 aliphatic rings. The van der Waals surface area contributed by atoms with Gasteiger partial charge < -0.3 is 5.32 Å². The highest BCUT2D eigenvalue weighted by Gasteiger charge is 2.17. The first-order valence-electron chi connectivity index (χ1n) is 5.66. The molecule has 1 N–H and O–H groups in total. The number of hydrogen-bond donors (Lipinski definition) is 1. The van der Waals surface area contributed by atoms with Gasteiger partial charge in [0.25, 0.3) is 0 Å². The van der Waals surface area contributed by atoms with Crippen LogP contribution in [-0.4, -0.2) is 26.0 Å². The molecule has 0 spiro atoms. The SMILES string of the molecule is CCC(C)S(=O)(=O)CCNc1ccc(Br)cc1. The Morgan fingerprint density at radius 3 is 2.41 bits per heavy atom. The molecule has 1 rings (SSSR count). The van der Waals surface area contributed by atoms with Crippen LogP contribution >= 0.6 is 15.9 Å². The Hall–Kier alpha value is -0.550. The Morgan fingerprint density at radius 2 is 1.88 bits per heavy atom. The van der Waals surface area contributed by atoms with Gasteiger partial charge in [0.05, 0.1) is 11.0 Å². The van der Waals surface area contributed by atoms with Crippen molar-refractivity contribution in [2.24, 2.45) is 0 Å². The van der Waals surface area contributed by atoms with Crippen LogP contribution in [0, 0.1) is 0 Å². The summed E-state index contributed by atoms with van der Waals surface area (Å²) in [6, 6.07) is 7.68. The molecule has 1 aromatic carbocycles. The Labute approximate surface area is 112 Å². The Kier molecular flexibility index (Phi) is 5.46. The number of anilines is 1. The number of sulfone groups is 1. The zero-order chi connectivity index (χ0) is 12.9. The summed E-state index contributed by atoms with van der Waals surface area (Å²) in [6.07, 6.45) is 0.667. The number of rotatable bonds is 6. The minimum atomic E-state index is -2.96. The van der Waals surface area contributed by atoms with Crippen LogP contribution in [0.25, 0.3) is 0 Å². The first kappa shape index (κ1) is 14.5. The highest BCUT2D eigenvalue weighted by Crippen LogP contribution is 2.14. The van der Waals surface area contributed by atoms with E-state index in [2.05, 4.69) is 21.2 Å². The van der Waals surface area contributed by atoms with Crippen molar-refractivity contribution in [3.8, 4) is 0 Å². The van der Waals surface area contributed by atoms with Gasteiger partial charge in [0.15, 0.2) is 9.84 Å². The third-order valence-electron chi connectivity index (χ3n) is 2.75. The Bertz CT molecular complexity index is 442. The van der Waals surface area contributed by atoms with E-state index in [-0.39, 0.29) is 11.0 Å². The van der Waals surface area contributed by atoms with Gasteiger partial charge in [-0.1, -0.05) is 22.9 Å². The molecule has 0 saturated heterocycles. The monoisotopic (exact) mass is 319 g/mol. The van der Waals surface area contributed by atoms with Crippen molar-refractivity contribution < 1.29 is 8.42 Å². The average Bonchev–Trinajstić information content (AvgIpc) is 2.30. The molecule has 0 saturated carbocycles. The summed E-state index contributed by atoms with van der Waals surface area (Å²) >= 11 is 3.35.